The fourth-order valence-corrected chi connectivity index (χ4v) is 3.49. The average Bonchev–Trinajstić information content (AvgIpc) is 3.05. The van der Waals surface area contributed by atoms with E-state index >= 15 is 0 Å². The minimum atomic E-state index is -0.245. The van der Waals surface area contributed by atoms with E-state index in [-0.39, 0.29) is 5.82 Å². The maximum atomic E-state index is 13.2. The Morgan fingerprint density at radius 2 is 1.82 bits per heavy atom. The van der Waals surface area contributed by atoms with Gasteiger partial charge in [0.15, 0.2) is 0 Å². The SMILES string of the molecule is N#C/C(=C\c1cn(Cc2ccc(F)cc2)c2ccccc12)c1cccc(Cl)c1. The molecule has 0 saturated heterocycles. The number of fused-ring (bicyclic) bond motifs is 1. The summed E-state index contributed by atoms with van der Waals surface area (Å²) in [6, 6.07) is 24.1. The molecule has 4 rings (SSSR count). The molecule has 0 aliphatic rings. The second-order valence-corrected chi connectivity index (χ2v) is 6.97. The number of aromatic nitrogens is 1. The number of hydrogen-bond acceptors (Lipinski definition) is 1. The van der Waals surface area contributed by atoms with Crippen molar-refractivity contribution in [3.63, 3.8) is 0 Å². The van der Waals surface area contributed by atoms with Crippen LogP contribution in [0, 0.1) is 17.1 Å². The summed E-state index contributed by atoms with van der Waals surface area (Å²) in [5, 5.41) is 11.3. The molecule has 0 fully saturated rings. The van der Waals surface area contributed by atoms with E-state index in [1.54, 1.807) is 24.3 Å². The predicted molar refractivity (Wildman–Crippen MR) is 112 cm³/mol. The summed E-state index contributed by atoms with van der Waals surface area (Å²) in [4.78, 5) is 0. The minimum Gasteiger partial charge on any atom is -0.342 e. The van der Waals surface area contributed by atoms with E-state index in [2.05, 4.69) is 10.6 Å². The Bertz CT molecular complexity index is 1210. The molecule has 0 radical (unpaired) electrons. The third kappa shape index (κ3) is 3.69. The fraction of sp³-hybridized carbons (Fsp3) is 0.0417. The largest absolute Gasteiger partial charge is 0.342 e. The lowest BCUT2D eigenvalue weighted by molar-refractivity contribution is 0.626. The molecular formula is C24H16ClFN2. The van der Waals surface area contributed by atoms with Crippen molar-refractivity contribution in [3.8, 4) is 6.07 Å². The second-order valence-electron chi connectivity index (χ2n) is 6.54. The average molecular weight is 387 g/mol. The summed E-state index contributed by atoms with van der Waals surface area (Å²) in [6.07, 6.45) is 3.91. The third-order valence-corrected chi connectivity index (χ3v) is 4.88. The first kappa shape index (κ1) is 18.0. The first-order valence-electron chi connectivity index (χ1n) is 8.84. The van der Waals surface area contributed by atoms with Gasteiger partial charge in [-0.2, -0.15) is 5.26 Å². The van der Waals surface area contributed by atoms with Crippen molar-refractivity contribution in [2.75, 3.05) is 0 Å². The lowest BCUT2D eigenvalue weighted by Crippen LogP contribution is -1.97. The van der Waals surface area contributed by atoms with Crippen LogP contribution in [0.1, 0.15) is 16.7 Å². The Kier molecular flexibility index (Phi) is 4.97. The second kappa shape index (κ2) is 7.72. The Balaban J connectivity index is 1.79. The number of allylic oxidation sites excluding steroid dienone is 1. The van der Waals surface area contributed by atoms with Crippen LogP contribution in [0.3, 0.4) is 0 Å². The summed E-state index contributed by atoms with van der Waals surface area (Å²) >= 11 is 6.08. The van der Waals surface area contributed by atoms with Gasteiger partial charge in [0.2, 0.25) is 0 Å². The molecule has 0 spiro atoms. The highest BCUT2D eigenvalue weighted by atomic mass is 35.5. The van der Waals surface area contributed by atoms with Crippen molar-refractivity contribution in [2.24, 2.45) is 0 Å². The van der Waals surface area contributed by atoms with E-state index in [4.69, 9.17) is 11.6 Å². The Morgan fingerprint density at radius 1 is 1.04 bits per heavy atom. The number of halogens is 2. The molecular weight excluding hydrogens is 371 g/mol. The number of benzene rings is 3. The van der Waals surface area contributed by atoms with Gasteiger partial charge < -0.3 is 4.57 Å². The lowest BCUT2D eigenvalue weighted by atomic mass is 10.0. The molecule has 1 aromatic heterocycles. The van der Waals surface area contributed by atoms with Gasteiger partial charge in [-0.3, -0.25) is 0 Å². The van der Waals surface area contributed by atoms with E-state index in [1.807, 2.05) is 48.7 Å². The van der Waals surface area contributed by atoms with Crippen LogP contribution >= 0.6 is 11.6 Å². The topological polar surface area (TPSA) is 28.7 Å². The lowest BCUT2D eigenvalue weighted by Gasteiger charge is -2.05. The van der Waals surface area contributed by atoms with Crippen LogP contribution in [-0.4, -0.2) is 4.57 Å². The number of nitrogens with zero attached hydrogens (tertiary/aromatic N) is 2. The first-order chi connectivity index (χ1) is 13.6. The van der Waals surface area contributed by atoms with E-state index in [1.165, 1.54) is 12.1 Å². The van der Waals surface area contributed by atoms with E-state index in [0.717, 1.165) is 27.6 Å². The van der Waals surface area contributed by atoms with Gasteiger partial charge in [-0.05, 0) is 47.5 Å². The van der Waals surface area contributed by atoms with Crippen LogP contribution in [0.15, 0.2) is 79.0 Å². The summed E-state index contributed by atoms with van der Waals surface area (Å²) in [5.41, 5.74) is 4.35. The molecule has 0 saturated carbocycles. The molecule has 3 aromatic carbocycles. The fourth-order valence-electron chi connectivity index (χ4n) is 3.30. The zero-order chi connectivity index (χ0) is 19.5. The van der Waals surface area contributed by atoms with Crippen molar-refractivity contribution in [1.29, 1.82) is 5.26 Å². The Hall–Kier alpha value is -3.35. The maximum Gasteiger partial charge on any atom is 0.123 e. The number of rotatable bonds is 4. The quantitative estimate of drug-likeness (QED) is 0.366. The van der Waals surface area contributed by atoms with Crippen molar-refractivity contribution >= 4 is 34.2 Å². The van der Waals surface area contributed by atoms with Crippen LogP contribution in [0.4, 0.5) is 4.39 Å². The van der Waals surface area contributed by atoms with Gasteiger partial charge in [-0.1, -0.05) is 54.1 Å². The molecule has 1 heterocycles. The van der Waals surface area contributed by atoms with Gasteiger partial charge >= 0.3 is 0 Å². The molecule has 0 bridgehead atoms. The van der Waals surface area contributed by atoms with Crippen LogP contribution < -0.4 is 0 Å². The standard InChI is InChI=1S/C24H16ClFN2/c25-21-5-3-4-18(13-21)19(14-27)12-20-16-28(24-7-2-1-6-23(20)24)15-17-8-10-22(26)11-9-17/h1-13,16H,15H2/b19-12+. The van der Waals surface area contributed by atoms with Crippen molar-refractivity contribution in [1.82, 2.24) is 4.57 Å². The van der Waals surface area contributed by atoms with Gasteiger partial charge in [0.25, 0.3) is 0 Å². The summed E-state index contributed by atoms with van der Waals surface area (Å²) in [6.45, 7) is 0.619. The van der Waals surface area contributed by atoms with Crippen LogP contribution in [0.5, 0.6) is 0 Å². The van der Waals surface area contributed by atoms with Gasteiger partial charge in [-0.25, -0.2) is 4.39 Å². The molecule has 4 heteroatoms. The first-order valence-corrected chi connectivity index (χ1v) is 9.22. The van der Waals surface area contributed by atoms with Crippen LogP contribution in [0.25, 0.3) is 22.6 Å². The van der Waals surface area contributed by atoms with Crippen molar-refractivity contribution < 1.29 is 4.39 Å². The Morgan fingerprint density at radius 3 is 2.57 bits per heavy atom. The molecule has 2 nitrogen and oxygen atoms in total. The highest BCUT2D eigenvalue weighted by Gasteiger charge is 2.09. The maximum absolute atomic E-state index is 13.2. The number of hydrogen-bond donors (Lipinski definition) is 0. The molecule has 4 aromatic rings. The van der Waals surface area contributed by atoms with Gasteiger partial charge in [-0.15, -0.1) is 0 Å². The van der Waals surface area contributed by atoms with Crippen LogP contribution in [0.2, 0.25) is 5.02 Å². The molecule has 0 aliphatic heterocycles. The highest BCUT2D eigenvalue weighted by Crippen LogP contribution is 2.27. The zero-order valence-electron chi connectivity index (χ0n) is 14.9. The number of para-hydroxylation sites is 1. The smallest absolute Gasteiger partial charge is 0.123 e. The van der Waals surface area contributed by atoms with E-state index in [0.29, 0.717) is 17.1 Å². The molecule has 0 unspecified atom stereocenters. The molecule has 0 N–H and O–H groups in total. The molecule has 0 atom stereocenters. The summed E-state index contributed by atoms with van der Waals surface area (Å²) in [5.74, 6) is -0.245. The summed E-state index contributed by atoms with van der Waals surface area (Å²) in [7, 11) is 0. The van der Waals surface area contributed by atoms with Gasteiger partial charge in [0, 0.05) is 34.2 Å². The molecule has 0 aliphatic carbocycles. The normalized spacial score (nSPS) is 11.5. The van der Waals surface area contributed by atoms with Crippen molar-refractivity contribution in [3.05, 3.63) is 107 Å². The zero-order valence-corrected chi connectivity index (χ0v) is 15.7. The van der Waals surface area contributed by atoms with E-state index in [9.17, 15) is 9.65 Å². The third-order valence-electron chi connectivity index (χ3n) is 4.64. The summed E-state index contributed by atoms with van der Waals surface area (Å²) < 4.78 is 15.3. The van der Waals surface area contributed by atoms with E-state index < -0.39 is 0 Å². The monoisotopic (exact) mass is 386 g/mol. The predicted octanol–water partition coefficient (Wildman–Crippen LogP) is 6.55. The van der Waals surface area contributed by atoms with Crippen molar-refractivity contribution in [2.45, 2.75) is 6.54 Å². The molecule has 28 heavy (non-hydrogen) atoms. The Labute approximate surface area is 167 Å². The molecule has 0 amide bonds. The van der Waals surface area contributed by atoms with Gasteiger partial charge in [0.1, 0.15) is 5.82 Å². The molecule has 136 valence electrons. The highest BCUT2D eigenvalue weighted by molar-refractivity contribution is 6.30. The van der Waals surface area contributed by atoms with Crippen LogP contribution in [-0.2, 0) is 6.54 Å². The number of nitriles is 1. The minimum absolute atomic E-state index is 0.245. The van der Waals surface area contributed by atoms with Gasteiger partial charge in [0.05, 0.1) is 11.6 Å².